The number of carboxylic acid groups (broad SMARTS) is 1. The molecule has 0 heterocycles. The minimum absolute atomic E-state index is 0.486. The number of hydrogen-bond donors (Lipinski definition) is 2. The lowest BCUT2D eigenvalue weighted by atomic mass is 10.2. The van der Waals surface area contributed by atoms with Crippen LogP contribution in [0.1, 0.15) is 18.9 Å². The molecular formula is C11H16O2S. The Bertz CT molecular complexity index is 259. The van der Waals surface area contributed by atoms with Crippen LogP contribution >= 0.6 is 12.6 Å². The zero-order valence-electron chi connectivity index (χ0n) is 8.47. The lowest BCUT2D eigenvalue weighted by Gasteiger charge is -1.95. The Hall–Kier alpha value is -0.960. The molecule has 0 aliphatic heterocycles. The second-order valence-corrected chi connectivity index (χ2v) is 3.54. The summed E-state index contributed by atoms with van der Waals surface area (Å²) in [7, 11) is 0. The van der Waals surface area contributed by atoms with E-state index in [0.717, 1.165) is 0 Å². The van der Waals surface area contributed by atoms with E-state index in [1.165, 1.54) is 5.56 Å². The minimum Gasteiger partial charge on any atom is -0.480 e. The highest BCUT2D eigenvalue weighted by Crippen LogP contribution is 1.97. The van der Waals surface area contributed by atoms with E-state index in [4.69, 9.17) is 5.11 Å². The molecule has 1 atom stereocenters. The van der Waals surface area contributed by atoms with Gasteiger partial charge in [-0.25, -0.2) is 0 Å². The van der Waals surface area contributed by atoms with Crippen LogP contribution in [0.15, 0.2) is 30.3 Å². The molecule has 0 fully saturated rings. The molecule has 0 aromatic heterocycles. The summed E-state index contributed by atoms with van der Waals surface area (Å²) in [5.74, 6) is -0.842. The summed E-state index contributed by atoms with van der Waals surface area (Å²) in [5.41, 5.74) is 1.32. The quantitative estimate of drug-likeness (QED) is 0.740. The highest BCUT2D eigenvalue weighted by Gasteiger charge is 2.06. The van der Waals surface area contributed by atoms with Gasteiger partial charge in [0, 0.05) is 0 Å². The lowest BCUT2D eigenvalue weighted by molar-refractivity contribution is -0.136. The summed E-state index contributed by atoms with van der Waals surface area (Å²) in [6.07, 6.45) is 0.582. The smallest absolute Gasteiger partial charge is 0.316 e. The second kappa shape index (κ2) is 7.44. The van der Waals surface area contributed by atoms with Crippen LogP contribution in [0.5, 0.6) is 0 Å². The number of benzene rings is 1. The Morgan fingerprint density at radius 3 is 2.07 bits per heavy atom. The molecule has 0 aliphatic carbocycles. The normalized spacial score (nSPS) is 11.1. The Labute approximate surface area is 90.4 Å². The van der Waals surface area contributed by atoms with Gasteiger partial charge in [-0.1, -0.05) is 42.8 Å². The van der Waals surface area contributed by atoms with Crippen molar-refractivity contribution in [2.45, 2.75) is 25.5 Å². The van der Waals surface area contributed by atoms with E-state index >= 15 is 0 Å². The van der Waals surface area contributed by atoms with E-state index in [1.807, 2.05) is 18.2 Å². The standard InChI is InChI=1S/C7H8.C4H8O2S/c1-7-5-3-2-4-6-7;1-2-3(7)4(5)6/h2-6H,1H3;3,7H,2H2,1H3,(H,5,6). The summed E-state index contributed by atoms with van der Waals surface area (Å²) in [4.78, 5) is 9.85. The van der Waals surface area contributed by atoms with Gasteiger partial charge in [-0.05, 0) is 13.3 Å². The fraction of sp³-hybridized carbons (Fsp3) is 0.364. The van der Waals surface area contributed by atoms with E-state index in [0.29, 0.717) is 6.42 Å². The monoisotopic (exact) mass is 212 g/mol. The molecule has 1 unspecified atom stereocenters. The summed E-state index contributed by atoms with van der Waals surface area (Å²) in [6, 6.07) is 10.3. The number of thiol groups is 1. The van der Waals surface area contributed by atoms with Gasteiger partial charge in [-0.2, -0.15) is 12.6 Å². The number of hydrogen-bond acceptors (Lipinski definition) is 2. The maximum absolute atomic E-state index is 9.85. The van der Waals surface area contributed by atoms with Crippen LogP contribution in [-0.2, 0) is 4.79 Å². The van der Waals surface area contributed by atoms with Gasteiger partial charge in [0.15, 0.2) is 0 Å². The molecule has 3 heteroatoms. The molecule has 1 N–H and O–H groups in total. The largest absolute Gasteiger partial charge is 0.480 e. The summed E-state index contributed by atoms with van der Waals surface area (Å²) in [5, 5.41) is 7.62. The van der Waals surface area contributed by atoms with Gasteiger partial charge in [0.25, 0.3) is 0 Å². The van der Waals surface area contributed by atoms with Crippen LogP contribution in [0.3, 0.4) is 0 Å². The molecule has 78 valence electrons. The van der Waals surface area contributed by atoms with Crippen molar-refractivity contribution in [1.29, 1.82) is 0 Å². The van der Waals surface area contributed by atoms with Gasteiger partial charge in [-0.3, -0.25) is 4.79 Å². The number of aliphatic carboxylic acids is 1. The summed E-state index contributed by atoms with van der Waals surface area (Å²) >= 11 is 3.73. The first kappa shape index (κ1) is 13.0. The molecule has 0 aliphatic rings. The van der Waals surface area contributed by atoms with Crippen LogP contribution in [0.4, 0.5) is 0 Å². The van der Waals surface area contributed by atoms with Gasteiger partial charge in [0.1, 0.15) is 0 Å². The summed E-state index contributed by atoms with van der Waals surface area (Å²) < 4.78 is 0. The first-order chi connectivity index (χ1) is 6.57. The average Bonchev–Trinajstić information content (AvgIpc) is 2.18. The molecule has 1 rings (SSSR count). The number of aryl methyl sites for hydroxylation is 1. The fourth-order valence-electron chi connectivity index (χ4n) is 0.709. The first-order valence-corrected chi connectivity index (χ1v) is 5.02. The van der Waals surface area contributed by atoms with Crippen molar-refractivity contribution in [3.63, 3.8) is 0 Å². The SMILES string of the molecule is CCC(S)C(=O)O.Cc1ccccc1. The second-order valence-electron chi connectivity index (χ2n) is 2.92. The van der Waals surface area contributed by atoms with Crippen molar-refractivity contribution >= 4 is 18.6 Å². The average molecular weight is 212 g/mol. The van der Waals surface area contributed by atoms with Crippen molar-refractivity contribution in [2.75, 3.05) is 0 Å². The Kier molecular flexibility index (Phi) is 6.93. The third kappa shape index (κ3) is 6.54. The molecule has 2 nitrogen and oxygen atoms in total. The van der Waals surface area contributed by atoms with Gasteiger partial charge >= 0.3 is 5.97 Å². The zero-order valence-corrected chi connectivity index (χ0v) is 9.37. The Morgan fingerprint density at radius 1 is 1.43 bits per heavy atom. The molecule has 0 bridgehead atoms. The maximum Gasteiger partial charge on any atom is 0.316 e. The van der Waals surface area contributed by atoms with Crippen molar-refractivity contribution in [2.24, 2.45) is 0 Å². The predicted molar refractivity (Wildman–Crippen MR) is 61.9 cm³/mol. The van der Waals surface area contributed by atoms with Crippen LogP contribution in [-0.4, -0.2) is 16.3 Å². The molecule has 1 aromatic carbocycles. The van der Waals surface area contributed by atoms with E-state index in [2.05, 4.69) is 31.7 Å². The van der Waals surface area contributed by atoms with E-state index in [9.17, 15) is 4.79 Å². The number of carbonyl (C=O) groups is 1. The Balaban J connectivity index is 0.000000241. The van der Waals surface area contributed by atoms with E-state index in [1.54, 1.807) is 6.92 Å². The number of carboxylic acids is 1. The van der Waals surface area contributed by atoms with Crippen molar-refractivity contribution in [3.05, 3.63) is 35.9 Å². The Morgan fingerprint density at radius 2 is 1.93 bits per heavy atom. The first-order valence-electron chi connectivity index (χ1n) is 4.50. The highest BCUT2D eigenvalue weighted by molar-refractivity contribution is 7.81. The molecule has 1 aromatic rings. The van der Waals surface area contributed by atoms with Crippen LogP contribution < -0.4 is 0 Å². The van der Waals surface area contributed by atoms with Crippen LogP contribution in [0.2, 0.25) is 0 Å². The molecule has 14 heavy (non-hydrogen) atoms. The minimum atomic E-state index is -0.842. The molecule has 0 spiro atoms. The van der Waals surface area contributed by atoms with Gasteiger partial charge in [-0.15, -0.1) is 0 Å². The third-order valence-electron chi connectivity index (χ3n) is 1.61. The van der Waals surface area contributed by atoms with E-state index in [-0.39, 0.29) is 0 Å². The van der Waals surface area contributed by atoms with Gasteiger partial charge < -0.3 is 5.11 Å². The van der Waals surface area contributed by atoms with Gasteiger partial charge in [0.05, 0.1) is 5.25 Å². The predicted octanol–water partition coefficient (Wildman–Crippen LogP) is 2.77. The van der Waals surface area contributed by atoms with E-state index < -0.39 is 11.2 Å². The zero-order chi connectivity index (χ0) is 11.0. The van der Waals surface area contributed by atoms with Crippen molar-refractivity contribution < 1.29 is 9.90 Å². The molecule has 0 saturated heterocycles. The van der Waals surface area contributed by atoms with Crippen molar-refractivity contribution in [3.8, 4) is 0 Å². The maximum atomic E-state index is 9.85. The van der Waals surface area contributed by atoms with Gasteiger partial charge in [0.2, 0.25) is 0 Å². The molecule has 0 saturated carbocycles. The lowest BCUT2D eigenvalue weighted by Crippen LogP contribution is -2.10. The molecule has 0 radical (unpaired) electrons. The summed E-state index contributed by atoms with van der Waals surface area (Å²) in [6.45, 7) is 3.87. The fourth-order valence-corrected chi connectivity index (χ4v) is 0.709. The highest BCUT2D eigenvalue weighted by atomic mass is 32.1. The molecule has 0 amide bonds. The number of rotatable bonds is 2. The van der Waals surface area contributed by atoms with Crippen molar-refractivity contribution in [1.82, 2.24) is 0 Å². The topological polar surface area (TPSA) is 37.3 Å². The van der Waals surface area contributed by atoms with Crippen LogP contribution in [0, 0.1) is 6.92 Å². The third-order valence-corrected chi connectivity index (χ3v) is 2.20. The molecular weight excluding hydrogens is 196 g/mol. The van der Waals surface area contributed by atoms with Crippen LogP contribution in [0.25, 0.3) is 0 Å².